The SMILES string of the molecule is CC1=Nc2c(c(C#N)nn2-c2c(Cl)cc(C(F)(F)F)cc2Cl)C(C(F)(F)F)O1. The molecular weight excluding hydrogens is 437 g/mol. The molecule has 0 saturated heterocycles. The Morgan fingerprint density at radius 3 is 2.18 bits per heavy atom. The van der Waals surface area contributed by atoms with Crippen molar-refractivity contribution in [2.75, 3.05) is 0 Å². The van der Waals surface area contributed by atoms with Crippen LogP contribution in [-0.2, 0) is 10.9 Å². The molecule has 0 spiro atoms. The fourth-order valence-corrected chi connectivity index (χ4v) is 3.22. The van der Waals surface area contributed by atoms with Crippen molar-refractivity contribution in [1.82, 2.24) is 9.78 Å². The molecule has 0 saturated carbocycles. The third kappa shape index (κ3) is 3.38. The summed E-state index contributed by atoms with van der Waals surface area (Å²) in [6, 6.07) is 2.57. The van der Waals surface area contributed by atoms with Crippen molar-refractivity contribution >= 4 is 34.9 Å². The van der Waals surface area contributed by atoms with E-state index in [1.54, 1.807) is 0 Å². The predicted molar refractivity (Wildman–Crippen MR) is 86.0 cm³/mol. The molecule has 0 bridgehead atoms. The van der Waals surface area contributed by atoms with Gasteiger partial charge >= 0.3 is 12.4 Å². The number of rotatable bonds is 1. The van der Waals surface area contributed by atoms with Gasteiger partial charge in [0, 0.05) is 6.92 Å². The molecule has 5 nitrogen and oxygen atoms in total. The van der Waals surface area contributed by atoms with Gasteiger partial charge in [-0.3, -0.25) is 0 Å². The number of benzene rings is 1. The Hall–Kier alpha value is -2.45. The first-order valence-corrected chi connectivity index (χ1v) is 7.98. The quantitative estimate of drug-likeness (QED) is 0.528. The van der Waals surface area contributed by atoms with Gasteiger partial charge in [-0.1, -0.05) is 23.2 Å². The molecule has 13 heteroatoms. The van der Waals surface area contributed by atoms with Gasteiger partial charge in [0.25, 0.3) is 0 Å². The van der Waals surface area contributed by atoms with Gasteiger partial charge in [0.15, 0.2) is 17.4 Å². The van der Waals surface area contributed by atoms with Crippen LogP contribution in [0.3, 0.4) is 0 Å². The van der Waals surface area contributed by atoms with E-state index in [0.29, 0.717) is 16.8 Å². The molecule has 2 heterocycles. The lowest BCUT2D eigenvalue weighted by atomic mass is 10.1. The van der Waals surface area contributed by atoms with Crippen molar-refractivity contribution in [2.24, 2.45) is 4.99 Å². The normalized spacial score (nSPS) is 16.9. The van der Waals surface area contributed by atoms with Gasteiger partial charge in [0.2, 0.25) is 6.10 Å². The van der Waals surface area contributed by atoms with Crippen molar-refractivity contribution in [3.8, 4) is 11.8 Å². The molecule has 1 aliphatic heterocycles. The molecule has 2 aromatic rings. The number of aliphatic imine (C=N–C) groups is 1. The molecule has 28 heavy (non-hydrogen) atoms. The van der Waals surface area contributed by atoms with Crippen LogP contribution >= 0.6 is 23.2 Å². The standard InChI is InChI=1S/C15H6Cl2F6N4O/c1-5-25-13-10(12(28-5)15(21,22)23)9(4-24)26-27(13)11-7(16)2-6(3-8(11)17)14(18,19)20/h2-3,12H,1H3. The van der Waals surface area contributed by atoms with Crippen molar-refractivity contribution in [3.63, 3.8) is 0 Å². The van der Waals surface area contributed by atoms with Gasteiger partial charge in [-0.15, -0.1) is 0 Å². The zero-order valence-corrected chi connectivity index (χ0v) is 15.0. The highest BCUT2D eigenvalue weighted by molar-refractivity contribution is 6.38. The van der Waals surface area contributed by atoms with Crippen LogP contribution < -0.4 is 0 Å². The molecule has 1 aromatic carbocycles. The second-order valence-corrected chi connectivity index (χ2v) is 6.38. The van der Waals surface area contributed by atoms with E-state index in [1.165, 1.54) is 6.07 Å². The minimum Gasteiger partial charge on any atom is -0.463 e. The average molecular weight is 443 g/mol. The number of fused-ring (bicyclic) bond motifs is 1. The predicted octanol–water partition coefficient (Wildman–Crippen LogP) is 5.75. The van der Waals surface area contributed by atoms with E-state index in [1.807, 2.05) is 0 Å². The zero-order chi connectivity index (χ0) is 21.0. The Morgan fingerprint density at radius 1 is 1.14 bits per heavy atom. The number of hydrogen-bond acceptors (Lipinski definition) is 4. The Labute approximate surface area is 162 Å². The van der Waals surface area contributed by atoms with Gasteiger partial charge in [-0.25, -0.2) is 4.68 Å². The van der Waals surface area contributed by atoms with Crippen LogP contribution in [0.4, 0.5) is 32.2 Å². The summed E-state index contributed by atoms with van der Waals surface area (Å²) in [5.74, 6) is -0.856. The van der Waals surface area contributed by atoms with Crippen LogP contribution in [0.15, 0.2) is 17.1 Å². The fraction of sp³-hybridized carbons (Fsp3) is 0.267. The summed E-state index contributed by atoms with van der Waals surface area (Å²) >= 11 is 11.8. The summed E-state index contributed by atoms with van der Waals surface area (Å²) in [5.41, 5.74) is -2.88. The molecule has 0 fully saturated rings. The maximum atomic E-state index is 13.4. The highest BCUT2D eigenvalue weighted by Crippen LogP contribution is 2.47. The summed E-state index contributed by atoms with van der Waals surface area (Å²) in [4.78, 5) is 3.81. The van der Waals surface area contributed by atoms with Crippen molar-refractivity contribution in [3.05, 3.63) is 39.0 Å². The fourth-order valence-electron chi connectivity index (χ4n) is 2.58. The maximum Gasteiger partial charge on any atom is 0.430 e. The Balaban J connectivity index is 2.30. The molecule has 1 aromatic heterocycles. The van der Waals surface area contributed by atoms with E-state index >= 15 is 0 Å². The van der Waals surface area contributed by atoms with E-state index in [9.17, 15) is 31.6 Å². The van der Waals surface area contributed by atoms with E-state index < -0.39 is 51.1 Å². The number of nitriles is 1. The van der Waals surface area contributed by atoms with Crippen LogP contribution in [0.5, 0.6) is 0 Å². The Morgan fingerprint density at radius 2 is 1.71 bits per heavy atom. The van der Waals surface area contributed by atoms with Gasteiger partial charge in [0.05, 0.1) is 21.2 Å². The molecule has 1 atom stereocenters. The van der Waals surface area contributed by atoms with Crippen molar-refractivity contribution in [2.45, 2.75) is 25.4 Å². The Kier molecular flexibility index (Phi) is 4.75. The lowest BCUT2D eigenvalue weighted by Gasteiger charge is -2.25. The minimum atomic E-state index is -4.90. The smallest absolute Gasteiger partial charge is 0.430 e. The second-order valence-electron chi connectivity index (χ2n) is 5.57. The molecule has 0 amide bonds. The van der Waals surface area contributed by atoms with E-state index in [4.69, 9.17) is 27.9 Å². The molecule has 0 aliphatic carbocycles. The molecule has 1 aliphatic rings. The number of nitrogens with zero attached hydrogens (tertiary/aromatic N) is 4. The second kappa shape index (κ2) is 6.56. The topological polar surface area (TPSA) is 63.2 Å². The number of ether oxygens (including phenoxy) is 1. The van der Waals surface area contributed by atoms with E-state index in [0.717, 1.165) is 6.92 Å². The van der Waals surface area contributed by atoms with Crippen molar-refractivity contribution in [1.29, 1.82) is 5.26 Å². The van der Waals surface area contributed by atoms with E-state index in [2.05, 4.69) is 10.1 Å². The van der Waals surface area contributed by atoms with Crippen LogP contribution in [0.25, 0.3) is 5.69 Å². The van der Waals surface area contributed by atoms with Crippen LogP contribution in [-0.4, -0.2) is 21.9 Å². The van der Waals surface area contributed by atoms with Gasteiger partial charge in [0.1, 0.15) is 11.8 Å². The number of hydrogen-bond donors (Lipinski definition) is 0. The molecule has 3 rings (SSSR count). The summed E-state index contributed by atoms with van der Waals surface area (Å²) in [6.07, 6.45) is -12.2. The molecule has 0 N–H and O–H groups in total. The summed E-state index contributed by atoms with van der Waals surface area (Å²) in [6.45, 7) is 1.14. The first kappa shape index (κ1) is 20.3. The Bertz CT molecular complexity index is 1010. The first-order chi connectivity index (χ1) is 12.8. The number of halogens is 8. The third-order valence-corrected chi connectivity index (χ3v) is 4.25. The average Bonchev–Trinajstić information content (AvgIpc) is 2.90. The lowest BCUT2D eigenvalue weighted by Crippen LogP contribution is -2.28. The van der Waals surface area contributed by atoms with Crippen LogP contribution in [0.2, 0.25) is 10.0 Å². The molecule has 0 radical (unpaired) electrons. The minimum absolute atomic E-state index is 0.353. The number of aromatic nitrogens is 2. The lowest BCUT2D eigenvalue weighted by molar-refractivity contribution is -0.202. The summed E-state index contributed by atoms with van der Waals surface area (Å²) in [7, 11) is 0. The third-order valence-electron chi connectivity index (χ3n) is 3.67. The molecule has 1 unspecified atom stereocenters. The summed E-state index contributed by atoms with van der Waals surface area (Å²) in [5, 5.41) is 11.8. The van der Waals surface area contributed by atoms with Gasteiger partial charge in [-0.05, 0) is 12.1 Å². The highest BCUT2D eigenvalue weighted by atomic mass is 35.5. The van der Waals surface area contributed by atoms with E-state index in [-0.39, 0.29) is 11.6 Å². The van der Waals surface area contributed by atoms with Gasteiger partial charge in [-0.2, -0.15) is 41.7 Å². The monoisotopic (exact) mass is 442 g/mol. The van der Waals surface area contributed by atoms with Gasteiger partial charge < -0.3 is 4.74 Å². The van der Waals surface area contributed by atoms with Crippen LogP contribution in [0, 0.1) is 11.3 Å². The largest absolute Gasteiger partial charge is 0.463 e. The van der Waals surface area contributed by atoms with Crippen molar-refractivity contribution < 1.29 is 31.1 Å². The molecule has 148 valence electrons. The zero-order valence-electron chi connectivity index (χ0n) is 13.5. The number of alkyl halides is 6. The highest BCUT2D eigenvalue weighted by Gasteiger charge is 2.49. The van der Waals surface area contributed by atoms with Crippen LogP contribution in [0.1, 0.15) is 29.8 Å². The maximum absolute atomic E-state index is 13.4. The molecular formula is C15H6Cl2F6N4O. The first-order valence-electron chi connectivity index (χ1n) is 7.23. The summed E-state index contributed by atoms with van der Waals surface area (Å²) < 4.78 is 84.2.